The maximum atomic E-state index is 6.22. The number of rotatable bonds is 5. The van der Waals surface area contributed by atoms with Gasteiger partial charge in [0.1, 0.15) is 23.5 Å². The largest absolute Gasteiger partial charge is 0.490 e. The molecule has 2 aromatic rings. The summed E-state index contributed by atoms with van der Waals surface area (Å²) in [6.07, 6.45) is 6.94. The van der Waals surface area contributed by atoms with Crippen LogP contribution in [0.5, 0.6) is 5.75 Å². The average Bonchev–Trinajstić information content (AvgIpc) is 3.51. The summed E-state index contributed by atoms with van der Waals surface area (Å²) in [7, 11) is 0. The Morgan fingerprint density at radius 1 is 0.967 bits per heavy atom. The summed E-state index contributed by atoms with van der Waals surface area (Å²) < 4.78 is 6.22. The molecular weight excluding hydrogens is 419 g/mol. The Balaban J connectivity index is 0.00000128. The van der Waals surface area contributed by atoms with Gasteiger partial charge in [-0.3, -0.25) is 0 Å². The van der Waals surface area contributed by atoms with Crippen molar-refractivity contribution in [2.24, 2.45) is 5.73 Å². The van der Waals surface area contributed by atoms with Gasteiger partial charge in [-0.25, -0.2) is 9.97 Å². The van der Waals surface area contributed by atoms with E-state index in [2.05, 4.69) is 42.2 Å². The van der Waals surface area contributed by atoms with Crippen molar-refractivity contribution in [2.75, 3.05) is 18.0 Å². The number of halogens is 2. The minimum Gasteiger partial charge on any atom is -0.490 e. The second-order valence-electron chi connectivity index (χ2n) is 8.83. The standard InChI is InChI=1S/C23H30N4O.2ClH/c1-15-3-2-4-20(11-15)28-19-7-9-27(10-8-19)22-14-21(17-12-18(24)13-17)25-23(26-22)16-5-6-16;;/h2-4,11,14,16-19H,5-10,12-13,24H2,1H3;2*1H. The average molecular weight is 451 g/mol. The highest BCUT2D eigenvalue weighted by Gasteiger charge is 2.33. The van der Waals surface area contributed by atoms with Gasteiger partial charge in [-0.2, -0.15) is 0 Å². The van der Waals surface area contributed by atoms with Crippen molar-refractivity contribution in [1.82, 2.24) is 9.97 Å². The second kappa shape index (κ2) is 9.71. The summed E-state index contributed by atoms with van der Waals surface area (Å²) in [6, 6.07) is 10.9. The van der Waals surface area contributed by atoms with Gasteiger partial charge in [0.15, 0.2) is 0 Å². The van der Waals surface area contributed by atoms with Gasteiger partial charge in [0.2, 0.25) is 0 Å². The van der Waals surface area contributed by atoms with E-state index in [0.717, 1.165) is 56.2 Å². The molecule has 2 saturated carbocycles. The molecule has 1 aromatic carbocycles. The second-order valence-corrected chi connectivity index (χ2v) is 8.83. The lowest BCUT2D eigenvalue weighted by Gasteiger charge is -2.35. The number of nitrogens with two attached hydrogens (primary N) is 1. The zero-order valence-corrected chi connectivity index (χ0v) is 19.1. The number of anilines is 1. The van der Waals surface area contributed by atoms with Crippen LogP contribution in [-0.4, -0.2) is 35.2 Å². The summed E-state index contributed by atoms with van der Waals surface area (Å²) in [5.74, 6) is 4.26. The van der Waals surface area contributed by atoms with Gasteiger partial charge in [-0.05, 0) is 50.3 Å². The van der Waals surface area contributed by atoms with E-state index >= 15 is 0 Å². The van der Waals surface area contributed by atoms with Crippen LogP contribution >= 0.6 is 24.8 Å². The number of aryl methyl sites for hydroxylation is 1. The minimum absolute atomic E-state index is 0. The number of hydrogen-bond acceptors (Lipinski definition) is 5. The van der Waals surface area contributed by atoms with Gasteiger partial charge >= 0.3 is 0 Å². The molecule has 5 rings (SSSR count). The Morgan fingerprint density at radius 3 is 2.33 bits per heavy atom. The van der Waals surface area contributed by atoms with Crippen LogP contribution in [0, 0.1) is 6.92 Å². The normalized spacial score (nSPS) is 23.7. The molecule has 0 atom stereocenters. The molecular formula is C23H32Cl2N4O. The molecule has 1 aromatic heterocycles. The zero-order chi connectivity index (χ0) is 19.1. The third-order valence-electron chi connectivity index (χ3n) is 6.34. The molecule has 3 fully saturated rings. The molecule has 2 aliphatic carbocycles. The van der Waals surface area contributed by atoms with E-state index in [9.17, 15) is 0 Å². The van der Waals surface area contributed by atoms with Crippen LogP contribution in [0.15, 0.2) is 30.3 Å². The van der Waals surface area contributed by atoms with Gasteiger partial charge in [0.05, 0.1) is 0 Å². The fourth-order valence-corrected chi connectivity index (χ4v) is 4.35. The first-order valence-corrected chi connectivity index (χ1v) is 10.8. The lowest BCUT2D eigenvalue weighted by molar-refractivity contribution is 0.170. The fourth-order valence-electron chi connectivity index (χ4n) is 4.35. The lowest BCUT2D eigenvalue weighted by atomic mass is 9.78. The Hall–Kier alpha value is -1.56. The zero-order valence-electron chi connectivity index (χ0n) is 17.5. The molecule has 3 aliphatic rings. The monoisotopic (exact) mass is 450 g/mol. The third-order valence-corrected chi connectivity index (χ3v) is 6.34. The molecule has 0 spiro atoms. The molecule has 7 heteroatoms. The summed E-state index contributed by atoms with van der Waals surface area (Å²) in [5, 5.41) is 0. The predicted octanol–water partition coefficient (Wildman–Crippen LogP) is 4.76. The molecule has 2 heterocycles. The maximum Gasteiger partial charge on any atom is 0.134 e. The number of aromatic nitrogens is 2. The van der Waals surface area contributed by atoms with Gasteiger partial charge in [0.25, 0.3) is 0 Å². The van der Waals surface area contributed by atoms with Crippen molar-refractivity contribution in [3.63, 3.8) is 0 Å². The van der Waals surface area contributed by atoms with E-state index in [0.29, 0.717) is 17.9 Å². The van der Waals surface area contributed by atoms with Crippen molar-refractivity contribution in [3.05, 3.63) is 47.4 Å². The Labute approximate surface area is 191 Å². The van der Waals surface area contributed by atoms with Crippen LogP contribution in [-0.2, 0) is 0 Å². The number of piperidine rings is 1. The molecule has 0 unspecified atom stereocenters. The molecule has 0 amide bonds. The first-order valence-electron chi connectivity index (χ1n) is 10.8. The van der Waals surface area contributed by atoms with Crippen LogP contribution < -0.4 is 15.4 Å². The number of nitrogens with zero attached hydrogens (tertiary/aromatic N) is 3. The predicted molar refractivity (Wildman–Crippen MR) is 125 cm³/mol. The van der Waals surface area contributed by atoms with Gasteiger partial charge in [0, 0.05) is 55.6 Å². The number of benzene rings is 1. The Bertz CT molecular complexity index is 847. The van der Waals surface area contributed by atoms with Crippen LogP contribution in [0.1, 0.15) is 67.4 Å². The smallest absolute Gasteiger partial charge is 0.134 e. The highest BCUT2D eigenvalue weighted by molar-refractivity contribution is 5.85. The van der Waals surface area contributed by atoms with E-state index in [4.69, 9.17) is 20.4 Å². The molecule has 30 heavy (non-hydrogen) atoms. The van der Waals surface area contributed by atoms with E-state index < -0.39 is 0 Å². The third kappa shape index (κ3) is 5.19. The van der Waals surface area contributed by atoms with E-state index in [1.807, 2.05) is 0 Å². The first-order chi connectivity index (χ1) is 13.6. The summed E-state index contributed by atoms with van der Waals surface area (Å²) in [4.78, 5) is 12.3. The van der Waals surface area contributed by atoms with Crippen LogP contribution in [0.3, 0.4) is 0 Å². The topological polar surface area (TPSA) is 64.3 Å². The quantitative estimate of drug-likeness (QED) is 0.710. The summed E-state index contributed by atoms with van der Waals surface area (Å²) in [5.41, 5.74) is 8.47. The minimum atomic E-state index is 0. The fraction of sp³-hybridized carbons (Fsp3) is 0.565. The van der Waals surface area contributed by atoms with Crippen LogP contribution in [0.25, 0.3) is 0 Å². The highest BCUT2D eigenvalue weighted by Crippen LogP contribution is 2.41. The number of hydrogen-bond donors (Lipinski definition) is 1. The van der Waals surface area contributed by atoms with Gasteiger partial charge < -0.3 is 15.4 Å². The van der Waals surface area contributed by atoms with E-state index in [1.165, 1.54) is 24.1 Å². The van der Waals surface area contributed by atoms with Crippen LogP contribution in [0.4, 0.5) is 5.82 Å². The lowest BCUT2D eigenvalue weighted by Crippen LogP contribution is -2.39. The van der Waals surface area contributed by atoms with Crippen molar-refractivity contribution < 1.29 is 4.74 Å². The van der Waals surface area contributed by atoms with Crippen LogP contribution in [0.2, 0.25) is 0 Å². The summed E-state index contributed by atoms with van der Waals surface area (Å²) >= 11 is 0. The van der Waals surface area contributed by atoms with Crippen molar-refractivity contribution in [3.8, 4) is 5.75 Å². The molecule has 0 radical (unpaired) electrons. The molecule has 2 N–H and O–H groups in total. The highest BCUT2D eigenvalue weighted by atomic mass is 35.5. The maximum absolute atomic E-state index is 6.22. The van der Waals surface area contributed by atoms with Crippen molar-refractivity contribution in [1.29, 1.82) is 0 Å². The van der Waals surface area contributed by atoms with Crippen molar-refractivity contribution >= 4 is 30.6 Å². The molecule has 0 bridgehead atoms. The van der Waals surface area contributed by atoms with Gasteiger partial charge in [-0.15, -0.1) is 24.8 Å². The Morgan fingerprint density at radius 2 is 1.70 bits per heavy atom. The summed E-state index contributed by atoms with van der Waals surface area (Å²) in [6.45, 7) is 4.08. The Kier molecular flexibility index (Phi) is 7.48. The SMILES string of the molecule is Cc1cccc(OC2CCN(c3cc(C4CC(N)C4)nc(C4CC4)n3)CC2)c1.Cl.Cl. The van der Waals surface area contributed by atoms with Crippen molar-refractivity contribution in [2.45, 2.75) is 69.4 Å². The molecule has 5 nitrogen and oxygen atoms in total. The van der Waals surface area contributed by atoms with E-state index in [1.54, 1.807) is 0 Å². The first kappa shape index (κ1) is 23.1. The molecule has 164 valence electrons. The molecule has 1 aliphatic heterocycles. The number of ether oxygens (including phenoxy) is 1. The molecule has 1 saturated heterocycles. The van der Waals surface area contributed by atoms with E-state index in [-0.39, 0.29) is 30.9 Å². The van der Waals surface area contributed by atoms with Gasteiger partial charge in [-0.1, -0.05) is 12.1 Å².